The van der Waals surface area contributed by atoms with E-state index >= 15 is 0 Å². The van der Waals surface area contributed by atoms with E-state index in [1.165, 1.54) is 0 Å². The van der Waals surface area contributed by atoms with Gasteiger partial charge in [0, 0.05) is 12.2 Å². The topological polar surface area (TPSA) is 54.5 Å². The predicted molar refractivity (Wildman–Crippen MR) is 90.3 cm³/mol. The van der Waals surface area contributed by atoms with Crippen LogP contribution in [-0.4, -0.2) is 26.6 Å². The van der Waals surface area contributed by atoms with E-state index in [0.29, 0.717) is 6.54 Å². The molecule has 3 rings (SSSR count). The van der Waals surface area contributed by atoms with E-state index in [4.69, 9.17) is 0 Å². The van der Waals surface area contributed by atoms with E-state index < -0.39 is 15.3 Å². The van der Waals surface area contributed by atoms with Gasteiger partial charge in [-0.3, -0.25) is 4.79 Å². The minimum Gasteiger partial charge on any atom is -0.312 e. The minimum atomic E-state index is -3.56. The molecule has 0 spiro atoms. The van der Waals surface area contributed by atoms with Gasteiger partial charge in [-0.15, -0.1) is 0 Å². The summed E-state index contributed by atoms with van der Waals surface area (Å²) in [5.74, 6) is -0.378. The van der Waals surface area contributed by atoms with E-state index in [9.17, 15) is 13.2 Å². The van der Waals surface area contributed by atoms with Crippen LogP contribution in [0, 0.1) is 0 Å². The number of hydrogen-bond acceptors (Lipinski definition) is 3. The van der Waals surface area contributed by atoms with E-state index in [0.717, 1.165) is 11.3 Å². The molecule has 120 valence electrons. The lowest BCUT2D eigenvalue weighted by molar-refractivity contribution is -0.121. The molecule has 0 radical (unpaired) electrons. The van der Waals surface area contributed by atoms with Crippen molar-refractivity contribution in [3.05, 3.63) is 60.2 Å². The molecule has 0 N–H and O–H groups in total. The van der Waals surface area contributed by atoms with Crippen LogP contribution in [0.4, 0.5) is 5.69 Å². The summed E-state index contributed by atoms with van der Waals surface area (Å²) in [6.45, 7) is 4.15. The number of amides is 1. The number of fused-ring (bicyclic) bond motifs is 1. The minimum absolute atomic E-state index is 0.152. The monoisotopic (exact) mass is 329 g/mol. The molecule has 1 atom stereocenters. The van der Waals surface area contributed by atoms with Crippen molar-refractivity contribution in [3.8, 4) is 0 Å². The molecule has 0 aromatic heterocycles. The fourth-order valence-corrected chi connectivity index (χ4v) is 5.02. The molecule has 0 unspecified atom stereocenters. The van der Waals surface area contributed by atoms with Crippen molar-refractivity contribution in [1.29, 1.82) is 0 Å². The van der Waals surface area contributed by atoms with Gasteiger partial charge in [-0.2, -0.15) is 0 Å². The second kappa shape index (κ2) is 5.49. The van der Waals surface area contributed by atoms with Crippen LogP contribution in [0.5, 0.6) is 0 Å². The third-order valence-electron chi connectivity index (χ3n) is 4.40. The second-order valence-corrected chi connectivity index (χ2v) is 7.96. The number of benzene rings is 2. The lowest BCUT2D eigenvalue weighted by Gasteiger charge is -2.23. The van der Waals surface area contributed by atoms with Crippen LogP contribution in [0.2, 0.25) is 0 Å². The highest BCUT2D eigenvalue weighted by Gasteiger charge is 2.49. The number of hydrogen-bond donors (Lipinski definition) is 0. The Morgan fingerprint density at radius 3 is 2.26 bits per heavy atom. The standard InChI is InChI=1S/C18H19NO3S/c1-3-19-16-12-8-7-11-15(16)18(2,17(19)20)13-23(21,22)14-9-5-4-6-10-14/h4-12H,3,13H2,1-2H3/t18-/m1/s1. The van der Waals surface area contributed by atoms with Gasteiger partial charge in [-0.1, -0.05) is 36.4 Å². The molecule has 5 heteroatoms. The largest absolute Gasteiger partial charge is 0.312 e. The Morgan fingerprint density at radius 1 is 1.00 bits per heavy atom. The van der Waals surface area contributed by atoms with E-state index in [2.05, 4.69) is 0 Å². The third kappa shape index (κ3) is 2.45. The summed E-state index contributed by atoms with van der Waals surface area (Å²) in [6.07, 6.45) is 0. The van der Waals surface area contributed by atoms with Crippen LogP contribution < -0.4 is 4.90 Å². The quantitative estimate of drug-likeness (QED) is 0.867. The number of carbonyl (C=O) groups excluding carboxylic acids is 1. The van der Waals surface area contributed by atoms with Gasteiger partial charge >= 0.3 is 0 Å². The molecular weight excluding hydrogens is 310 g/mol. The highest BCUT2D eigenvalue weighted by Crippen LogP contribution is 2.43. The zero-order chi connectivity index (χ0) is 16.7. The molecule has 2 aromatic carbocycles. The van der Waals surface area contributed by atoms with Crippen molar-refractivity contribution in [1.82, 2.24) is 0 Å². The van der Waals surface area contributed by atoms with Crippen LogP contribution in [-0.2, 0) is 20.0 Å². The van der Waals surface area contributed by atoms with Crippen molar-refractivity contribution in [2.75, 3.05) is 17.2 Å². The fourth-order valence-electron chi connectivity index (χ4n) is 3.24. The van der Waals surface area contributed by atoms with Crippen molar-refractivity contribution < 1.29 is 13.2 Å². The van der Waals surface area contributed by atoms with Gasteiger partial charge in [-0.25, -0.2) is 8.42 Å². The smallest absolute Gasteiger partial charge is 0.238 e. The molecule has 1 amide bonds. The Hall–Kier alpha value is -2.14. The first kappa shape index (κ1) is 15.7. The summed E-state index contributed by atoms with van der Waals surface area (Å²) in [7, 11) is -3.56. The first-order chi connectivity index (χ1) is 10.9. The highest BCUT2D eigenvalue weighted by atomic mass is 32.2. The lowest BCUT2D eigenvalue weighted by atomic mass is 9.86. The Bertz CT molecular complexity index is 846. The van der Waals surface area contributed by atoms with E-state index in [1.807, 2.05) is 31.2 Å². The number of likely N-dealkylation sites (N-methyl/N-ethyl adjacent to an activating group) is 1. The molecule has 1 aliphatic rings. The van der Waals surface area contributed by atoms with Gasteiger partial charge < -0.3 is 4.90 Å². The van der Waals surface area contributed by atoms with Gasteiger partial charge in [0.1, 0.15) is 0 Å². The fraction of sp³-hybridized carbons (Fsp3) is 0.278. The summed E-state index contributed by atoms with van der Waals surface area (Å²) in [6, 6.07) is 15.7. The third-order valence-corrected chi connectivity index (χ3v) is 6.35. The van der Waals surface area contributed by atoms with Gasteiger partial charge in [-0.05, 0) is 37.6 Å². The van der Waals surface area contributed by atoms with Crippen LogP contribution in [0.1, 0.15) is 19.4 Å². The molecule has 0 fully saturated rings. The molecule has 0 aliphatic carbocycles. The molecule has 0 saturated heterocycles. The maximum absolute atomic E-state index is 12.9. The lowest BCUT2D eigenvalue weighted by Crippen LogP contribution is -2.42. The first-order valence-corrected chi connectivity index (χ1v) is 9.24. The summed E-state index contributed by atoms with van der Waals surface area (Å²) in [5.41, 5.74) is 0.540. The SMILES string of the molecule is CCN1C(=O)[C@](C)(CS(=O)(=O)c2ccccc2)c2ccccc21. The predicted octanol–water partition coefficient (Wildman–Crippen LogP) is 2.78. The molecule has 0 bridgehead atoms. The Balaban J connectivity index is 2.07. The first-order valence-electron chi connectivity index (χ1n) is 7.59. The van der Waals surface area contributed by atoms with Crippen molar-refractivity contribution >= 4 is 21.4 Å². The number of anilines is 1. The number of carbonyl (C=O) groups is 1. The average molecular weight is 329 g/mol. The molecule has 1 aliphatic heterocycles. The number of sulfone groups is 1. The summed E-state index contributed by atoms with van der Waals surface area (Å²) in [4.78, 5) is 14.8. The molecule has 0 saturated carbocycles. The summed E-state index contributed by atoms with van der Waals surface area (Å²) >= 11 is 0. The molecule has 1 heterocycles. The van der Waals surface area contributed by atoms with E-state index in [-0.39, 0.29) is 16.6 Å². The maximum atomic E-state index is 12.9. The van der Waals surface area contributed by atoms with Gasteiger partial charge in [0.25, 0.3) is 0 Å². The number of nitrogens with zero attached hydrogens (tertiary/aromatic N) is 1. The normalized spacial score (nSPS) is 20.6. The van der Waals surface area contributed by atoms with Gasteiger partial charge in [0.05, 0.1) is 16.1 Å². The average Bonchev–Trinajstić information content (AvgIpc) is 2.76. The highest BCUT2D eigenvalue weighted by molar-refractivity contribution is 7.91. The summed E-state index contributed by atoms with van der Waals surface area (Å²) in [5, 5.41) is 0. The van der Waals surface area contributed by atoms with Crippen molar-refractivity contribution in [3.63, 3.8) is 0 Å². The number of rotatable bonds is 4. The van der Waals surface area contributed by atoms with Gasteiger partial charge in [0.2, 0.25) is 5.91 Å². The van der Waals surface area contributed by atoms with Crippen LogP contribution in [0.3, 0.4) is 0 Å². The van der Waals surface area contributed by atoms with Crippen LogP contribution in [0.25, 0.3) is 0 Å². The van der Waals surface area contributed by atoms with Crippen LogP contribution >= 0.6 is 0 Å². The Kier molecular flexibility index (Phi) is 3.76. The molecule has 2 aromatic rings. The zero-order valence-electron chi connectivity index (χ0n) is 13.2. The van der Waals surface area contributed by atoms with Gasteiger partial charge in [0.15, 0.2) is 9.84 Å². The Labute approximate surface area is 136 Å². The summed E-state index contributed by atoms with van der Waals surface area (Å²) < 4.78 is 25.5. The van der Waals surface area contributed by atoms with Crippen molar-refractivity contribution in [2.45, 2.75) is 24.2 Å². The second-order valence-electron chi connectivity index (χ2n) is 5.97. The van der Waals surface area contributed by atoms with Crippen molar-refractivity contribution in [2.24, 2.45) is 0 Å². The zero-order valence-corrected chi connectivity index (χ0v) is 14.0. The number of para-hydroxylation sites is 1. The van der Waals surface area contributed by atoms with Crippen LogP contribution in [0.15, 0.2) is 59.5 Å². The maximum Gasteiger partial charge on any atom is 0.238 e. The molecular formula is C18H19NO3S. The molecule has 23 heavy (non-hydrogen) atoms. The van der Waals surface area contributed by atoms with E-state index in [1.54, 1.807) is 42.2 Å². The Morgan fingerprint density at radius 2 is 1.61 bits per heavy atom. The molecule has 4 nitrogen and oxygen atoms in total.